The van der Waals surface area contributed by atoms with Gasteiger partial charge in [0, 0.05) is 18.9 Å². The first kappa shape index (κ1) is 16.3. The zero-order valence-electron chi connectivity index (χ0n) is 12.7. The number of imidazole rings is 1. The third kappa shape index (κ3) is 3.68. The van der Waals surface area contributed by atoms with Crippen molar-refractivity contribution in [1.82, 2.24) is 9.55 Å². The van der Waals surface area contributed by atoms with Crippen molar-refractivity contribution in [2.75, 3.05) is 0 Å². The second kappa shape index (κ2) is 7.35. The number of nitrogens with zero attached hydrogens (tertiary/aromatic N) is 3. The lowest BCUT2D eigenvalue weighted by Crippen LogP contribution is -1.99. The van der Waals surface area contributed by atoms with E-state index >= 15 is 0 Å². The monoisotopic (exact) mass is 353 g/mol. The number of hydrogen-bond acceptors (Lipinski definition) is 2. The van der Waals surface area contributed by atoms with Crippen LogP contribution in [0.1, 0.15) is 16.7 Å². The molecule has 0 bridgehead atoms. The van der Waals surface area contributed by atoms with E-state index in [4.69, 9.17) is 28.5 Å². The normalized spacial score (nSPS) is 11.3. The van der Waals surface area contributed by atoms with Crippen LogP contribution in [0.2, 0.25) is 10.0 Å². The highest BCUT2D eigenvalue weighted by Crippen LogP contribution is 2.32. The molecule has 0 saturated carbocycles. The summed E-state index contributed by atoms with van der Waals surface area (Å²) in [5.74, 6) is 0. The van der Waals surface area contributed by atoms with Crippen molar-refractivity contribution in [3.63, 3.8) is 0 Å². The number of aromatic nitrogens is 2. The molecule has 2 aromatic carbocycles. The average Bonchev–Trinajstić information content (AvgIpc) is 3.10. The van der Waals surface area contributed by atoms with E-state index in [9.17, 15) is 0 Å². The van der Waals surface area contributed by atoms with Gasteiger partial charge in [0.15, 0.2) is 0 Å². The van der Waals surface area contributed by atoms with E-state index in [1.807, 2.05) is 41.1 Å². The third-order valence-corrected chi connectivity index (χ3v) is 4.41. The first-order chi connectivity index (χ1) is 11.7. The number of allylic oxidation sites excluding steroid dienone is 1. The van der Waals surface area contributed by atoms with Crippen LogP contribution in [0, 0.1) is 11.3 Å². The van der Waals surface area contributed by atoms with Crippen LogP contribution in [0.3, 0.4) is 0 Å². The number of hydrogen-bond donors (Lipinski definition) is 0. The van der Waals surface area contributed by atoms with E-state index < -0.39 is 0 Å². The molecule has 0 aliphatic rings. The maximum Gasteiger partial charge on any atom is 0.0991 e. The highest BCUT2D eigenvalue weighted by molar-refractivity contribution is 6.43. The molecule has 0 unspecified atom stereocenters. The van der Waals surface area contributed by atoms with Gasteiger partial charge in [-0.3, -0.25) is 0 Å². The lowest BCUT2D eigenvalue weighted by molar-refractivity contribution is 0.836. The Hall–Kier alpha value is -2.54. The van der Waals surface area contributed by atoms with Gasteiger partial charge in [-0.05, 0) is 41.0 Å². The first-order valence-corrected chi connectivity index (χ1v) is 8.04. The quantitative estimate of drug-likeness (QED) is 0.597. The molecule has 3 rings (SSSR count). The van der Waals surface area contributed by atoms with Crippen LogP contribution in [0.4, 0.5) is 0 Å². The lowest BCUT2D eigenvalue weighted by Gasteiger charge is -2.12. The summed E-state index contributed by atoms with van der Waals surface area (Å²) >= 11 is 12.6. The Morgan fingerprint density at radius 3 is 2.62 bits per heavy atom. The van der Waals surface area contributed by atoms with Gasteiger partial charge in [0.25, 0.3) is 0 Å². The zero-order chi connectivity index (χ0) is 16.9. The topological polar surface area (TPSA) is 41.6 Å². The highest BCUT2D eigenvalue weighted by Gasteiger charge is 2.10. The van der Waals surface area contributed by atoms with Crippen LogP contribution >= 0.6 is 23.2 Å². The Kier molecular flexibility index (Phi) is 5.00. The van der Waals surface area contributed by atoms with Crippen molar-refractivity contribution in [3.05, 3.63) is 87.9 Å². The Bertz CT molecular complexity index is 905. The van der Waals surface area contributed by atoms with Gasteiger partial charge in [0.2, 0.25) is 0 Å². The number of rotatable bonds is 4. The molecular weight excluding hydrogens is 341 g/mol. The number of nitriles is 1. The van der Waals surface area contributed by atoms with Gasteiger partial charge in [-0.2, -0.15) is 5.26 Å². The molecule has 5 heteroatoms. The predicted octanol–water partition coefficient (Wildman–Crippen LogP) is 5.30. The second-order valence-corrected chi connectivity index (χ2v) is 6.02. The summed E-state index contributed by atoms with van der Waals surface area (Å²) in [5.41, 5.74) is 3.50. The van der Waals surface area contributed by atoms with Crippen molar-refractivity contribution in [3.8, 4) is 6.07 Å². The Labute approximate surface area is 150 Å². The minimum Gasteiger partial charge on any atom is -0.333 e. The van der Waals surface area contributed by atoms with E-state index in [2.05, 4.69) is 11.1 Å². The SMILES string of the molecule is N#Cc1ccc(C=C(Cn2ccnc2)c2cccc(Cl)c2Cl)cc1. The van der Waals surface area contributed by atoms with E-state index in [-0.39, 0.29) is 0 Å². The van der Waals surface area contributed by atoms with Crippen LogP contribution in [0.25, 0.3) is 11.6 Å². The van der Waals surface area contributed by atoms with Crippen LogP contribution in [-0.2, 0) is 6.54 Å². The molecule has 0 amide bonds. The van der Waals surface area contributed by atoms with Gasteiger partial charge < -0.3 is 4.57 Å². The third-order valence-electron chi connectivity index (χ3n) is 3.59. The van der Waals surface area contributed by atoms with E-state index in [1.165, 1.54) is 0 Å². The van der Waals surface area contributed by atoms with Gasteiger partial charge >= 0.3 is 0 Å². The molecule has 3 aromatic rings. The fourth-order valence-corrected chi connectivity index (χ4v) is 2.81. The molecule has 24 heavy (non-hydrogen) atoms. The standard InChI is InChI=1S/C19H13Cl2N3/c20-18-3-1-2-17(19(18)21)16(12-24-9-8-23-13-24)10-14-4-6-15(11-22)7-5-14/h1-10,13H,12H2. The highest BCUT2D eigenvalue weighted by atomic mass is 35.5. The van der Waals surface area contributed by atoms with Gasteiger partial charge in [0.1, 0.15) is 0 Å². The number of benzene rings is 2. The molecule has 3 nitrogen and oxygen atoms in total. The molecule has 0 N–H and O–H groups in total. The molecule has 0 atom stereocenters. The van der Waals surface area contributed by atoms with Gasteiger partial charge in [0.05, 0.1) is 28.0 Å². The minimum absolute atomic E-state index is 0.519. The Balaban J connectivity index is 2.05. The molecule has 0 radical (unpaired) electrons. The van der Waals surface area contributed by atoms with Crippen molar-refractivity contribution in [1.29, 1.82) is 5.26 Å². The molecule has 0 fully saturated rings. The summed E-state index contributed by atoms with van der Waals surface area (Å²) in [6.45, 7) is 0.611. The number of halogens is 2. The van der Waals surface area contributed by atoms with E-state index in [0.29, 0.717) is 22.2 Å². The van der Waals surface area contributed by atoms with Crippen molar-refractivity contribution < 1.29 is 0 Å². The van der Waals surface area contributed by atoms with Crippen molar-refractivity contribution >= 4 is 34.9 Å². The molecule has 1 heterocycles. The lowest BCUT2D eigenvalue weighted by atomic mass is 10.0. The van der Waals surface area contributed by atoms with Crippen LogP contribution < -0.4 is 0 Å². The zero-order valence-corrected chi connectivity index (χ0v) is 14.2. The summed E-state index contributed by atoms with van der Waals surface area (Å²) < 4.78 is 1.96. The minimum atomic E-state index is 0.519. The molecule has 1 aromatic heterocycles. The van der Waals surface area contributed by atoms with Gasteiger partial charge in [-0.25, -0.2) is 4.98 Å². The molecule has 0 aliphatic carbocycles. The maximum absolute atomic E-state index is 8.92. The van der Waals surface area contributed by atoms with Crippen LogP contribution in [0.5, 0.6) is 0 Å². The maximum atomic E-state index is 8.92. The van der Waals surface area contributed by atoms with Gasteiger partial charge in [-0.15, -0.1) is 0 Å². The van der Waals surface area contributed by atoms with Crippen LogP contribution in [0.15, 0.2) is 61.2 Å². The predicted molar refractivity (Wildman–Crippen MR) is 97.7 cm³/mol. The van der Waals surface area contributed by atoms with Crippen LogP contribution in [-0.4, -0.2) is 9.55 Å². The molecular formula is C19H13Cl2N3. The Morgan fingerprint density at radius 1 is 1.17 bits per heavy atom. The second-order valence-electron chi connectivity index (χ2n) is 5.24. The fourth-order valence-electron chi connectivity index (χ4n) is 2.39. The molecule has 118 valence electrons. The van der Waals surface area contributed by atoms with Crippen molar-refractivity contribution in [2.45, 2.75) is 6.54 Å². The summed E-state index contributed by atoms with van der Waals surface area (Å²) in [5, 5.41) is 9.96. The average molecular weight is 354 g/mol. The van der Waals surface area contributed by atoms with E-state index in [1.54, 1.807) is 30.7 Å². The molecule has 0 aliphatic heterocycles. The fraction of sp³-hybridized carbons (Fsp3) is 0.0526. The molecule has 0 saturated heterocycles. The largest absolute Gasteiger partial charge is 0.333 e. The Morgan fingerprint density at radius 2 is 1.96 bits per heavy atom. The summed E-state index contributed by atoms with van der Waals surface area (Å²) in [6, 6.07) is 15.1. The van der Waals surface area contributed by atoms with Gasteiger partial charge in [-0.1, -0.05) is 47.5 Å². The summed E-state index contributed by atoms with van der Waals surface area (Å²) in [6.07, 6.45) is 7.42. The first-order valence-electron chi connectivity index (χ1n) is 7.28. The van der Waals surface area contributed by atoms with Crippen molar-refractivity contribution in [2.24, 2.45) is 0 Å². The summed E-state index contributed by atoms with van der Waals surface area (Å²) in [7, 11) is 0. The summed E-state index contributed by atoms with van der Waals surface area (Å²) in [4.78, 5) is 4.08. The van der Waals surface area contributed by atoms with E-state index in [0.717, 1.165) is 16.7 Å². The molecule has 0 spiro atoms. The smallest absolute Gasteiger partial charge is 0.0991 e.